The lowest BCUT2D eigenvalue weighted by atomic mass is 9.75. The average molecular weight is 514 g/mol. The van der Waals surface area contributed by atoms with E-state index in [0.717, 1.165) is 37.5 Å². The number of halogens is 1. The number of carbonyl (C=O) groups excluding carboxylic acids is 2. The first kappa shape index (κ1) is 26.5. The molecule has 2 aliphatic heterocycles. The number of piperazine rings is 1. The summed E-state index contributed by atoms with van der Waals surface area (Å²) in [6.07, 6.45) is 1.85. The summed E-state index contributed by atoms with van der Waals surface area (Å²) in [7, 11) is 3.73. The third-order valence-corrected chi connectivity index (χ3v) is 7.59. The molecular weight excluding hydrogens is 478 g/mol. The highest BCUT2D eigenvalue weighted by Gasteiger charge is 2.40. The molecule has 0 atom stereocenters. The zero-order valence-electron chi connectivity index (χ0n) is 21.2. The molecule has 0 N–H and O–H groups in total. The highest BCUT2D eigenvalue weighted by atomic mass is 35.5. The van der Waals surface area contributed by atoms with Gasteiger partial charge in [-0.2, -0.15) is 0 Å². The van der Waals surface area contributed by atoms with Gasteiger partial charge in [-0.15, -0.1) is 0 Å². The van der Waals surface area contributed by atoms with Crippen molar-refractivity contribution in [1.29, 1.82) is 0 Å². The third-order valence-electron chi connectivity index (χ3n) is 7.34. The lowest BCUT2D eigenvalue weighted by Crippen LogP contribution is -2.51. The Kier molecular flexibility index (Phi) is 8.88. The van der Waals surface area contributed by atoms with E-state index in [1.807, 2.05) is 46.2 Å². The van der Waals surface area contributed by atoms with E-state index in [0.29, 0.717) is 56.2 Å². The van der Waals surface area contributed by atoms with Gasteiger partial charge < -0.3 is 24.2 Å². The molecule has 0 aromatic heterocycles. The zero-order chi connectivity index (χ0) is 25.5. The van der Waals surface area contributed by atoms with Crippen LogP contribution in [0.25, 0.3) is 0 Å². The van der Waals surface area contributed by atoms with Gasteiger partial charge in [0.15, 0.2) is 0 Å². The van der Waals surface area contributed by atoms with Gasteiger partial charge in [-0.3, -0.25) is 9.59 Å². The normalized spacial score (nSPS) is 18.2. The molecule has 2 saturated heterocycles. The highest BCUT2D eigenvalue weighted by molar-refractivity contribution is 6.30. The number of likely N-dealkylation sites (N-methyl/N-ethyl adjacent to an activating group) is 1. The standard InChI is InChI=1S/C28H36ClN3O4/c1-30-14-16-31(17-15-30)26(33)19-28(21-36-25-8-6-24(29)7-9-25)10-12-32(13-11-28)27(34)23-5-3-4-22(18-23)20-35-2/h3-9,18H,10-17,19-21H2,1-2H3. The molecule has 2 amide bonds. The van der Waals surface area contributed by atoms with Crippen LogP contribution in [0, 0.1) is 5.41 Å². The Morgan fingerprint density at radius 3 is 2.31 bits per heavy atom. The fourth-order valence-electron chi connectivity index (χ4n) is 4.96. The van der Waals surface area contributed by atoms with Crippen LogP contribution in [-0.4, -0.2) is 86.5 Å². The molecule has 2 aromatic rings. The summed E-state index contributed by atoms with van der Waals surface area (Å²) in [5, 5.41) is 0.656. The fraction of sp³-hybridized carbons (Fsp3) is 0.500. The molecule has 4 rings (SSSR count). The number of carbonyl (C=O) groups is 2. The van der Waals surface area contributed by atoms with Crippen LogP contribution < -0.4 is 4.74 Å². The summed E-state index contributed by atoms with van der Waals surface area (Å²) in [5.41, 5.74) is 1.32. The lowest BCUT2D eigenvalue weighted by Gasteiger charge is -2.42. The van der Waals surface area contributed by atoms with Crippen LogP contribution in [0.2, 0.25) is 5.02 Å². The van der Waals surface area contributed by atoms with Crippen LogP contribution in [0.5, 0.6) is 5.75 Å². The van der Waals surface area contributed by atoms with E-state index in [-0.39, 0.29) is 17.2 Å². The number of nitrogens with zero attached hydrogens (tertiary/aromatic N) is 3. The molecule has 194 valence electrons. The maximum atomic E-state index is 13.3. The van der Waals surface area contributed by atoms with Gasteiger partial charge in [0.1, 0.15) is 5.75 Å². The van der Waals surface area contributed by atoms with Crippen LogP contribution in [0.15, 0.2) is 48.5 Å². The molecule has 7 nitrogen and oxygen atoms in total. The number of ether oxygens (including phenoxy) is 2. The molecule has 2 aliphatic rings. The molecule has 2 fully saturated rings. The summed E-state index contributed by atoms with van der Waals surface area (Å²) < 4.78 is 11.4. The Balaban J connectivity index is 1.44. The number of methoxy groups -OCH3 is 1. The van der Waals surface area contributed by atoms with E-state index < -0.39 is 0 Å². The van der Waals surface area contributed by atoms with Crippen molar-refractivity contribution < 1.29 is 19.1 Å². The minimum Gasteiger partial charge on any atom is -0.493 e. The van der Waals surface area contributed by atoms with Crippen molar-refractivity contribution in [1.82, 2.24) is 14.7 Å². The Bertz CT molecular complexity index is 1030. The highest BCUT2D eigenvalue weighted by Crippen LogP contribution is 2.37. The fourth-order valence-corrected chi connectivity index (χ4v) is 5.08. The first-order valence-corrected chi connectivity index (χ1v) is 13.0. The maximum Gasteiger partial charge on any atom is 0.253 e. The van der Waals surface area contributed by atoms with Crippen molar-refractivity contribution >= 4 is 23.4 Å². The number of hydrogen-bond acceptors (Lipinski definition) is 5. The van der Waals surface area contributed by atoms with Crippen molar-refractivity contribution in [3.05, 3.63) is 64.7 Å². The summed E-state index contributed by atoms with van der Waals surface area (Å²) in [5.74, 6) is 0.930. The number of benzene rings is 2. The summed E-state index contributed by atoms with van der Waals surface area (Å²) in [4.78, 5) is 32.7. The second-order valence-corrected chi connectivity index (χ2v) is 10.5. The second-order valence-electron chi connectivity index (χ2n) is 10.0. The molecule has 2 aromatic carbocycles. The minimum absolute atomic E-state index is 0.0190. The van der Waals surface area contributed by atoms with Crippen LogP contribution in [0.4, 0.5) is 0 Å². The SMILES string of the molecule is COCc1cccc(C(=O)N2CCC(COc3ccc(Cl)cc3)(CC(=O)N3CCN(C)CC3)CC2)c1. The van der Waals surface area contributed by atoms with Gasteiger partial charge >= 0.3 is 0 Å². The van der Waals surface area contributed by atoms with Crippen molar-refractivity contribution in [2.45, 2.75) is 25.9 Å². The van der Waals surface area contributed by atoms with Gasteiger partial charge in [-0.25, -0.2) is 0 Å². The van der Waals surface area contributed by atoms with Gasteiger partial charge in [-0.05, 0) is 61.9 Å². The Hall–Kier alpha value is -2.61. The summed E-state index contributed by atoms with van der Waals surface area (Å²) in [6, 6.07) is 14.9. The number of amides is 2. The quantitative estimate of drug-likeness (QED) is 0.535. The van der Waals surface area contributed by atoms with Crippen LogP contribution in [-0.2, 0) is 16.1 Å². The molecule has 0 saturated carbocycles. The second kappa shape index (κ2) is 12.1. The molecule has 8 heteroatoms. The zero-order valence-corrected chi connectivity index (χ0v) is 22.0. The van der Waals surface area contributed by atoms with Crippen molar-refractivity contribution in [2.24, 2.45) is 5.41 Å². The van der Waals surface area contributed by atoms with Gasteiger partial charge in [-0.1, -0.05) is 23.7 Å². The predicted molar refractivity (Wildman–Crippen MR) is 140 cm³/mol. The van der Waals surface area contributed by atoms with Crippen molar-refractivity contribution in [2.75, 3.05) is 60.0 Å². The van der Waals surface area contributed by atoms with Crippen molar-refractivity contribution in [3.63, 3.8) is 0 Å². The van der Waals surface area contributed by atoms with E-state index in [1.165, 1.54) is 0 Å². The van der Waals surface area contributed by atoms with Crippen LogP contribution in [0.1, 0.15) is 35.2 Å². The van der Waals surface area contributed by atoms with E-state index in [4.69, 9.17) is 21.1 Å². The Labute approximate surface area is 218 Å². The monoisotopic (exact) mass is 513 g/mol. The van der Waals surface area contributed by atoms with Gasteiger partial charge in [0.2, 0.25) is 5.91 Å². The van der Waals surface area contributed by atoms with Gasteiger partial charge in [0.05, 0.1) is 13.2 Å². The average Bonchev–Trinajstić information content (AvgIpc) is 2.89. The van der Waals surface area contributed by atoms with E-state index >= 15 is 0 Å². The lowest BCUT2D eigenvalue weighted by molar-refractivity contribution is -0.136. The molecule has 0 radical (unpaired) electrons. The molecule has 0 bridgehead atoms. The van der Waals surface area contributed by atoms with E-state index in [2.05, 4.69) is 11.9 Å². The first-order chi connectivity index (χ1) is 17.4. The minimum atomic E-state index is -0.325. The molecule has 0 spiro atoms. The molecule has 0 aliphatic carbocycles. The smallest absolute Gasteiger partial charge is 0.253 e. The molecule has 0 unspecified atom stereocenters. The molecular formula is C28H36ClN3O4. The largest absolute Gasteiger partial charge is 0.493 e. The summed E-state index contributed by atoms with van der Waals surface area (Å²) in [6.45, 7) is 5.38. The van der Waals surface area contributed by atoms with E-state index in [1.54, 1.807) is 19.2 Å². The first-order valence-electron chi connectivity index (χ1n) is 12.6. The van der Waals surface area contributed by atoms with Crippen LogP contribution in [0.3, 0.4) is 0 Å². The maximum absolute atomic E-state index is 13.3. The third kappa shape index (κ3) is 6.78. The Morgan fingerprint density at radius 2 is 1.64 bits per heavy atom. The van der Waals surface area contributed by atoms with E-state index in [9.17, 15) is 9.59 Å². The van der Waals surface area contributed by atoms with Crippen LogP contribution >= 0.6 is 11.6 Å². The number of rotatable bonds is 8. The van der Waals surface area contributed by atoms with Crippen molar-refractivity contribution in [3.8, 4) is 5.75 Å². The van der Waals surface area contributed by atoms with Gasteiger partial charge in [0.25, 0.3) is 5.91 Å². The predicted octanol–water partition coefficient (Wildman–Crippen LogP) is 3.95. The summed E-state index contributed by atoms with van der Waals surface area (Å²) >= 11 is 6.02. The molecule has 2 heterocycles. The number of hydrogen-bond donors (Lipinski definition) is 0. The Morgan fingerprint density at radius 1 is 0.944 bits per heavy atom. The number of likely N-dealkylation sites (tertiary alicyclic amines) is 1. The van der Waals surface area contributed by atoms with Gasteiger partial charge in [0, 0.05) is 68.8 Å². The topological polar surface area (TPSA) is 62.3 Å². The molecule has 36 heavy (non-hydrogen) atoms. The number of piperidine rings is 1.